The number of nitrogens with zero attached hydrogens (tertiary/aromatic N) is 2. The van der Waals surface area contributed by atoms with Crippen LogP contribution in [-0.2, 0) is 16.0 Å². The number of rotatable bonds is 8. The number of ether oxygens (including phenoxy) is 2. The lowest BCUT2D eigenvalue weighted by molar-refractivity contribution is -0.142. The van der Waals surface area contributed by atoms with Gasteiger partial charge in [-0.25, -0.2) is 4.98 Å². The van der Waals surface area contributed by atoms with Crippen LogP contribution in [0.5, 0.6) is 5.75 Å². The molecule has 1 N–H and O–H groups in total. The van der Waals surface area contributed by atoms with Gasteiger partial charge in [0.05, 0.1) is 31.0 Å². The van der Waals surface area contributed by atoms with Crippen LogP contribution >= 0.6 is 11.3 Å². The summed E-state index contributed by atoms with van der Waals surface area (Å²) in [5.41, 5.74) is 4.45. The van der Waals surface area contributed by atoms with Crippen LogP contribution < -0.4 is 10.2 Å². The Hall–Kier alpha value is -2.41. The van der Waals surface area contributed by atoms with Crippen LogP contribution in [0.25, 0.3) is 0 Å². The van der Waals surface area contributed by atoms with Crippen molar-refractivity contribution in [1.29, 1.82) is 0 Å². The zero-order valence-electron chi connectivity index (χ0n) is 14.0. The van der Waals surface area contributed by atoms with Gasteiger partial charge < -0.3 is 9.47 Å². The van der Waals surface area contributed by atoms with Crippen molar-refractivity contribution in [1.82, 2.24) is 4.98 Å². The first kappa shape index (κ1) is 17.9. The van der Waals surface area contributed by atoms with E-state index >= 15 is 0 Å². The lowest BCUT2D eigenvalue weighted by Gasteiger charge is -2.09. The molecule has 1 aromatic carbocycles. The first-order valence-electron chi connectivity index (χ1n) is 7.72. The summed E-state index contributed by atoms with van der Waals surface area (Å²) in [7, 11) is 0. The number of nitrogens with one attached hydrogen (secondary N) is 1. The number of carbonyl (C=O) groups excluding carboxylic acids is 1. The fraction of sp³-hybridized carbons (Fsp3) is 0.353. The summed E-state index contributed by atoms with van der Waals surface area (Å²) in [6.07, 6.45) is 1.99. The van der Waals surface area contributed by atoms with Crippen LogP contribution in [0.3, 0.4) is 0 Å². The Balaban J connectivity index is 1.90. The van der Waals surface area contributed by atoms with Crippen molar-refractivity contribution in [3.8, 4) is 5.75 Å². The average molecular weight is 347 g/mol. The number of esters is 1. The maximum Gasteiger partial charge on any atom is 0.311 e. The summed E-state index contributed by atoms with van der Waals surface area (Å²) >= 11 is 1.39. The predicted molar refractivity (Wildman–Crippen MR) is 95.9 cm³/mol. The number of benzene rings is 1. The highest BCUT2D eigenvalue weighted by Crippen LogP contribution is 2.17. The molecule has 0 aliphatic rings. The molecule has 0 atom stereocenters. The molecule has 0 saturated carbocycles. The van der Waals surface area contributed by atoms with E-state index in [0.717, 1.165) is 11.3 Å². The molecule has 0 aliphatic carbocycles. The van der Waals surface area contributed by atoms with E-state index in [-0.39, 0.29) is 18.5 Å². The molecule has 7 heteroatoms. The van der Waals surface area contributed by atoms with Gasteiger partial charge in [0.15, 0.2) is 0 Å². The second-order valence-electron chi connectivity index (χ2n) is 5.23. The summed E-state index contributed by atoms with van der Waals surface area (Å²) in [5, 5.41) is 6.60. The van der Waals surface area contributed by atoms with Gasteiger partial charge in [0.2, 0.25) is 5.13 Å². The third-order valence-corrected chi connectivity index (χ3v) is 3.58. The number of hydrogen-bond acceptors (Lipinski definition) is 7. The number of aromatic nitrogens is 1. The molecule has 1 aromatic heterocycles. The normalized spacial score (nSPS) is 11.0. The highest BCUT2D eigenvalue weighted by Gasteiger charge is 2.07. The molecule has 0 unspecified atom stereocenters. The molecular weight excluding hydrogens is 326 g/mol. The van der Waals surface area contributed by atoms with Crippen LogP contribution in [0, 0.1) is 0 Å². The number of hydrazone groups is 1. The van der Waals surface area contributed by atoms with E-state index in [1.54, 1.807) is 13.1 Å². The number of carbonyl (C=O) groups is 1. The van der Waals surface area contributed by atoms with E-state index in [2.05, 4.69) is 15.5 Å². The van der Waals surface area contributed by atoms with Crippen molar-refractivity contribution >= 4 is 28.7 Å². The molecule has 0 amide bonds. The third kappa shape index (κ3) is 6.00. The summed E-state index contributed by atoms with van der Waals surface area (Å²) in [6, 6.07) is 7.68. The average Bonchev–Trinajstić information content (AvgIpc) is 2.94. The third-order valence-electron chi connectivity index (χ3n) is 2.79. The van der Waals surface area contributed by atoms with Crippen LogP contribution in [0.1, 0.15) is 32.0 Å². The van der Waals surface area contributed by atoms with Crippen LogP contribution in [0.15, 0.2) is 34.7 Å². The summed E-state index contributed by atoms with van der Waals surface area (Å²) in [4.78, 5) is 15.7. The smallest absolute Gasteiger partial charge is 0.311 e. The molecule has 0 saturated heterocycles. The minimum atomic E-state index is -0.278. The molecule has 0 aliphatic heterocycles. The fourth-order valence-corrected chi connectivity index (χ4v) is 2.56. The highest BCUT2D eigenvalue weighted by atomic mass is 32.1. The molecule has 24 heavy (non-hydrogen) atoms. The maximum atomic E-state index is 11.4. The van der Waals surface area contributed by atoms with E-state index in [1.165, 1.54) is 11.3 Å². The number of anilines is 1. The summed E-state index contributed by atoms with van der Waals surface area (Å²) in [6.45, 7) is 6.12. The van der Waals surface area contributed by atoms with Gasteiger partial charge in [-0.3, -0.25) is 10.2 Å². The molecule has 6 nitrogen and oxygen atoms in total. The van der Waals surface area contributed by atoms with Gasteiger partial charge >= 0.3 is 5.97 Å². The van der Waals surface area contributed by atoms with Crippen molar-refractivity contribution in [2.24, 2.45) is 5.10 Å². The van der Waals surface area contributed by atoms with Gasteiger partial charge in [-0.15, -0.1) is 11.3 Å². The quantitative estimate of drug-likeness (QED) is 0.450. The topological polar surface area (TPSA) is 72.8 Å². The monoisotopic (exact) mass is 347 g/mol. The predicted octanol–water partition coefficient (Wildman–Crippen LogP) is 3.48. The van der Waals surface area contributed by atoms with Gasteiger partial charge in [-0.2, -0.15) is 5.10 Å². The minimum Gasteiger partial charge on any atom is -0.491 e. The maximum absolute atomic E-state index is 11.4. The second-order valence-corrected chi connectivity index (χ2v) is 6.09. The molecule has 0 spiro atoms. The van der Waals surface area contributed by atoms with Gasteiger partial charge in [0, 0.05) is 5.38 Å². The summed E-state index contributed by atoms with van der Waals surface area (Å²) < 4.78 is 10.5. The van der Waals surface area contributed by atoms with Crippen molar-refractivity contribution in [2.75, 3.05) is 12.0 Å². The Morgan fingerprint density at radius 1 is 1.46 bits per heavy atom. The second kappa shape index (κ2) is 9.02. The van der Waals surface area contributed by atoms with Gasteiger partial charge in [0.25, 0.3) is 0 Å². The highest BCUT2D eigenvalue weighted by molar-refractivity contribution is 7.13. The SMILES string of the molecule is CCOC(=O)Cc1csc(N/N=C\c2cccc(OC(C)C)c2)n1. The zero-order chi connectivity index (χ0) is 17.4. The van der Waals surface area contributed by atoms with Gasteiger partial charge in [-0.1, -0.05) is 12.1 Å². The van der Waals surface area contributed by atoms with E-state index < -0.39 is 0 Å². The number of hydrogen-bond donors (Lipinski definition) is 1. The standard InChI is InChI=1S/C17H21N3O3S/c1-4-22-16(21)9-14-11-24-17(19-14)20-18-10-13-6-5-7-15(8-13)23-12(2)3/h5-8,10-12H,4,9H2,1-3H3,(H,19,20)/b18-10-. The zero-order valence-corrected chi connectivity index (χ0v) is 14.8. The Kier molecular flexibility index (Phi) is 6.74. The van der Waals surface area contributed by atoms with E-state index in [1.807, 2.05) is 43.5 Å². The van der Waals surface area contributed by atoms with Crippen molar-refractivity contribution in [3.63, 3.8) is 0 Å². The fourth-order valence-electron chi connectivity index (χ4n) is 1.90. The molecule has 2 aromatic rings. The molecule has 0 radical (unpaired) electrons. The first-order chi connectivity index (χ1) is 11.6. The Morgan fingerprint density at radius 3 is 3.04 bits per heavy atom. The lowest BCUT2D eigenvalue weighted by atomic mass is 10.2. The largest absolute Gasteiger partial charge is 0.491 e. The van der Waals surface area contributed by atoms with Crippen molar-refractivity contribution in [3.05, 3.63) is 40.9 Å². The Labute approximate surface area is 145 Å². The molecule has 1 heterocycles. The molecule has 2 rings (SSSR count). The first-order valence-corrected chi connectivity index (χ1v) is 8.60. The Morgan fingerprint density at radius 2 is 2.29 bits per heavy atom. The molecule has 0 fully saturated rings. The van der Waals surface area contributed by atoms with Crippen molar-refractivity contribution < 1.29 is 14.3 Å². The van der Waals surface area contributed by atoms with Crippen molar-refractivity contribution in [2.45, 2.75) is 33.3 Å². The number of thiazole rings is 1. The van der Waals surface area contributed by atoms with E-state index in [0.29, 0.717) is 17.4 Å². The minimum absolute atomic E-state index is 0.128. The van der Waals surface area contributed by atoms with E-state index in [9.17, 15) is 4.79 Å². The van der Waals surface area contributed by atoms with Gasteiger partial charge in [0.1, 0.15) is 5.75 Å². The lowest BCUT2D eigenvalue weighted by Crippen LogP contribution is -2.07. The van der Waals surface area contributed by atoms with Crippen LogP contribution in [-0.4, -0.2) is 29.9 Å². The van der Waals surface area contributed by atoms with Crippen LogP contribution in [0.2, 0.25) is 0 Å². The van der Waals surface area contributed by atoms with E-state index in [4.69, 9.17) is 9.47 Å². The molecule has 128 valence electrons. The van der Waals surface area contributed by atoms with Gasteiger partial charge in [-0.05, 0) is 38.5 Å². The molecular formula is C17H21N3O3S. The van der Waals surface area contributed by atoms with Crippen LogP contribution in [0.4, 0.5) is 5.13 Å². The Bertz CT molecular complexity index is 698. The summed E-state index contributed by atoms with van der Waals surface area (Å²) in [5.74, 6) is 0.528. The molecule has 0 bridgehead atoms.